The fourth-order valence-electron chi connectivity index (χ4n) is 1.57. The Hall–Kier alpha value is -1.00. The highest BCUT2D eigenvalue weighted by molar-refractivity contribution is 4.82. The van der Waals surface area contributed by atoms with Crippen molar-refractivity contribution in [3.63, 3.8) is 0 Å². The lowest BCUT2D eigenvalue weighted by Gasteiger charge is -2.17. The van der Waals surface area contributed by atoms with E-state index in [4.69, 9.17) is 15.9 Å². The monoisotopic (exact) mass is 267 g/mol. The first kappa shape index (κ1) is 20.3. The Balaban J connectivity index is 0. The maximum atomic E-state index is 5.52. The highest BCUT2D eigenvalue weighted by Crippen LogP contribution is 2.08. The fraction of sp³-hybridized carbons (Fsp3) is 0.750. The second kappa shape index (κ2) is 19.3. The lowest BCUT2D eigenvalue weighted by molar-refractivity contribution is 0.106. The van der Waals surface area contributed by atoms with E-state index in [1.807, 2.05) is 0 Å². The molecule has 19 heavy (non-hydrogen) atoms. The zero-order chi connectivity index (χ0) is 14.8. The van der Waals surface area contributed by atoms with Crippen molar-refractivity contribution in [3.05, 3.63) is 0 Å². The number of rotatable bonds is 12. The van der Waals surface area contributed by atoms with Gasteiger partial charge >= 0.3 is 0 Å². The summed E-state index contributed by atoms with van der Waals surface area (Å²) in [5, 5.41) is 3.38. The van der Waals surface area contributed by atoms with Crippen molar-refractivity contribution in [1.29, 1.82) is 0 Å². The van der Waals surface area contributed by atoms with Gasteiger partial charge in [-0.1, -0.05) is 19.8 Å². The summed E-state index contributed by atoms with van der Waals surface area (Å²) in [6, 6.07) is 0. The summed E-state index contributed by atoms with van der Waals surface area (Å²) >= 11 is 0. The standard InChI is InChI=1S/C14H27NO2.C2H2/c1-4-9-16-11-7-14(13-15-6-3)8-12-17-10-5-2;1-2/h1,14-15H,5-13H2,2-3H3;1-2H. The summed E-state index contributed by atoms with van der Waals surface area (Å²) in [6.07, 6.45) is 16.4. The van der Waals surface area contributed by atoms with Crippen molar-refractivity contribution in [3.8, 4) is 25.2 Å². The Morgan fingerprint density at radius 3 is 2.21 bits per heavy atom. The quantitative estimate of drug-likeness (QED) is 0.435. The summed E-state index contributed by atoms with van der Waals surface area (Å²) in [7, 11) is 0. The number of ether oxygens (including phenoxy) is 2. The van der Waals surface area contributed by atoms with Crippen LogP contribution in [-0.2, 0) is 9.47 Å². The molecule has 0 rings (SSSR count). The molecule has 0 aliphatic carbocycles. The van der Waals surface area contributed by atoms with Crippen LogP contribution in [-0.4, -0.2) is 39.5 Å². The average Bonchev–Trinajstić information content (AvgIpc) is 2.46. The van der Waals surface area contributed by atoms with Crippen LogP contribution in [0.4, 0.5) is 0 Å². The summed E-state index contributed by atoms with van der Waals surface area (Å²) in [5.74, 6) is 3.10. The van der Waals surface area contributed by atoms with E-state index in [0.717, 1.165) is 52.2 Å². The topological polar surface area (TPSA) is 30.5 Å². The molecule has 0 aromatic carbocycles. The van der Waals surface area contributed by atoms with Gasteiger partial charge in [0, 0.05) is 19.8 Å². The van der Waals surface area contributed by atoms with Crippen molar-refractivity contribution in [2.75, 3.05) is 39.5 Å². The molecule has 0 amide bonds. The van der Waals surface area contributed by atoms with Crippen LogP contribution in [0.3, 0.4) is 0 Å². The molecule has 0 aromatic heterocycles. The van der Waals surface area contributed by atoms with Crippen LogP contribution in [0.25, 0.3) is 0 Å². The van der Waals surface area contributed by atoms with Gasteiger partial charge < -0.3 is 14.8 Å². The minimum atomic E-state index is 0.417. The first-order chi connectivity index (χ1) is 9.35. The molecule has 0 radical (unpaired) electrons. The smallest absolute Gasteiger partial charge is 0.107 e. The van der Waals surface area contributed by atoms with E-state index in [0.29, 0.717) is 12.5 Å². The van der Waals surface area contributed by atoms with Gasteiger partial charge in [0.25, 0.3) is 0 Å². The first-order valence-corrected chi connectivity index (χ1v) is 6.98. The maximum Gasteiger partial charge on any atom is 0.107 e. The molecule has 1 unspecified atom stereocenters. The van der Waals surface area contributed by atoms with Crippen molar-refractivity contribution < 1.29 is 9.47 Å². The van der Waals surface area contributed by atoms with Crippen LogP contribution >= 0.6 is 0 Å². The van der Waals surface area contributed by atoms with E-state index in [1.165, 1.54) is 0 Å². The Labute approximate surface area is 119 Å². The highest BCUT2D eigenvalue weighted by Gasteiger charge is 2.08. The van der Waals surface area contributed by atoms with Gasteiger partial charge in [-0.3, -0.25) is 0 Å². The zero-order valence-electron chi connectivity index (χ0n) is 12.5. The third-order valence-corrected chi connectivity index (χ3v) is 2.56. The van der Waals surface area contributed by atoms with Crippen LogP contribution in [0.5, 0.6) is 0 Å². The van der Waals surface area contributed by atoms with Crippen molar-refractivity contribution >= 4 is 0 Å². The molecular weight excluding hydrogens is 238 g/mol. The van der Waals surface area contributed by atoms with Gasteiger partial charge in [0.05, 0.1) is 0 Å². The van der Waals surface area contributed by atoms with E-state index < -0.39 is 0 Å². The van der Waals surface area contributed by atoms with Crippen molar-refractivity contribution in [2.45, 2.75) is 33.1 Å². The fourth-order valence-corrected chi connectivity index (χ4v) is 1.57. The molecule has 0 saturated heterocycles. The largest absolute Gasteiger partial charge is 0.381 e. The molecule has 110 valence electrons. The first-order valence-electron chi connectivity index (χ1n) is 6.98. The van der Waals surface area contributed by atoms with Crippen molar-refractivity contribution in [1.82, 2.24) is 5.32 Å². The van der Waals surface area contributed by atoms with E-state index in [2.05, 4.69) is 37.9 Å². The van der Waals surface area contributed by atoms with Gasteiger partial charge in [-0.25, -0.2) is 0 Å². The van der Waals surface area contributed by atoms with Crippen LogP contribution in [0.15, 0.2) is 0 Å². The molecule has 1 atom stereocenters. The Morgan fingerprint density at radius 2 is 1.68 bits per heavy atom. The summed E-state index contributed by atoms with van der Waals surface area (Å²) in [6.45, 7) is 9.17. The van der Waals surface area contributed by atoms with E-state index in [9.17, 15) is 0 Å². The normalized spacial score (nSPS) is 11.1. The Bertz CT molecular complexity index is 221. The molecule has 0 heterocycles. The molecule has 1 N–H and O–H groups in total. The van der Waals surface area contributed by atoms with Crippen LogP contribution in [0, 0.1) is 31.1 Å². The predicted octanol–water partition coefficient (Wildman–Crippen LogP) is 2.32. The van der Waals surface area contributed by atoms with Crippen molar-refractivity contribution in [2.24, 2.45) is 5.92 Å². The molecule has 3 heteroatoms. The average molecular weight is 267 g/mol. The minimum absolute atomic E-state index is 0.417. The van der Waals surface area contributed by atoms with Gasteiger partial charge in [-0.05, 0) is 38.3 Å². The molecule has 0 bridgehead atoms. The zero-order valence-corrected chi connectivity index (χ0v) is 12.5. The Kier molecular flexibility index (Phi) is 20.7. The molecule has 0 aromatic rings. The molecule has 0 aliphatic heterocycles. The molecule has 0 fully saturated rings. The van der Waals surface area contributed by atoms with Gasteiger partial charge in [-0.2, -0.15) is 0 Å². The van der Waals surface area contributed by atoms with Gasteiger partial charge in [0.15, 0.2) is 0 Å². The number of terminal acetylenes is 2. The number of hydrogen-bond acceptors (Lipinski definition) is 3. The van der Waals surface area contributed by atoms with E-state index in [1.54, 1.807) is 0 Å². The summed E-state index contributed by atoms with van der Waals surface area (Å²) in [5.41, 5.74) is 0. The minimum Gasteiger partial charge on any atom is -0.381 e. The number of nitrogens with one attached hydrogen (secondary N) is 1. The number of hydrogen-bond donors (Lipinski definition) is 1. The van der Waals surface area contributed by atoms with Gasteiger partial charge in [-0.15, -0.1) is 19.3 Å². The lowest BCUT2D eigenvalue weighted by atomic mass is 10.0. The Morgan fingerprint density at radius 1 is 1.05 bits per heavy atom. The molecule has 0 aliphatic rings. The lowest BCUT2D eigenvalue weighted by Crippen LogP contribution is -2.24. The van der Waals surface area contributed by atoms with E-state index in [-0.39, 0.29) is 0 Å². The maximum absolute atomic E-state index is 5.52. The van der Waals surface area contributed by atoms with E-state index >= 15 is 0 Å². The summed E-state index contributed by atoms with van der Waals surface area (Å²) in [4.78, 5) is 0. The molecule has 3 nitrogen and oxygen atoms in total. The molecule has 0 saturated carbocycles. The third-order valence-electron chi connectivity index (χ3n) is 2.56. The van der Waals surface area contributed by atoms with Gasteiger partial charge in [0.2, 0.25) is 0 Å². The SMILES string of the molecule is C#C.C#CCOCCC(CCOCCC)CNCC. The summed E-state index contributed by atoms with van der Waals surface area (Å²) < 4.78 is 10.8. The molecular formula is C16H29NO2. The van der Waals surface area contributed by atoms with Crippen LogP contribution < -0.4 is 5.32 Å². The van der Waals surface area contributed by atoms with Crippen LogP contribution in [0.2, 0.25) is 0 Å². The second-order valence-electron chi connectivity index (χ2n) is 4.12. The second-order valence-corrected chi connectivity index (χ2v) is 4.12. The highest BCUT2D eigenvalue weighted by atomic mass is 16.5. The van der Waals surface area contributed by atoms with Crippen LogP contribution in [0.1, 0.15) is 33.1 Å². The molecule has 0 spiro atoms. The third kappa shape index (κ3) is 17.0. The predicted molar refractivity (Wildman–Crippen MR) is 81.9 cm³/mol. The van der Waals surface area contributed by atoms with Gasteiger partial charge in [0.1, 0.15) is 6.61 Å².